The molecule has 1 aliphatic rings. The highest BCUT2D eigenvalue weighted by Gasteiger charge is 2.18. The van der Waals surface area contributed by atoms with Gasteiger partial charge in [0.2, 0.25) is 5.91 Å². The van der Waals surface area contributed by atoms with Crippen LogP contribution in [0.5, 0.6) is 0 Å². The van der Waals surface area contributed by atoms with Crippen molar-refractivity contribution >= 4 is 29.3 Å². The Bertz CT molecular complexity index is 744. The van der Waals surface area contributed by atoms with Gasteiger partial charge in [-0.3, -0.25) is 4.79 Å². The van der Waals surface area contributed by atoms with Crippen LogP contribution in [-0.2, 0) is 17.6 Å². The molecule has 25 heavy (non-hydrogen) atoms. The van der Waals surface area contributed by atoms with Gasteiger partial charge in [-0.15, -0.1) is 11.8 Å². The van der Waals surface area contributed by atoms with Gasteiger partial charge in [-0.2, -0.15) is 0 Å². The van der Waals surface area contributed by atoms with Gasteiger partial charge in [0.15, 0.2) is 0 Å². The van der Waals surface area contributed by atoms with Gasteiger partial charge in [0.05, 0.1) is 11.3 Å². The van der Waals surface area contributed by atoms with Crippen LogP contribution < -0.4 is 5.32 Å². The van der Waals surface area contributed by atoms with E-state index in [1.54, 1.807) is 11.8 Å². The Labute approximate surface area is 159 Å². The monoisotopic (exact) mass is 373 g/mol. The van der Waals surface area contributed by atoms with Crippen LogP contribution in [0.3, 0.4) is 0 Å². The van der Waals surface area contributed by atoms with Crippen LogP contribution in [0.15, 0.2) is 47.4 Å². The zero-order chi connectivity index (χ0) is 17.8. The Morgan fingerprint density at radius 1 is 1.04 bits per heavy atom. The third kappa shape index (κ3) is 4.80. The molecule has 1 amide bonds. The number of carbonyl (C=O) groups excluding carboxylic acids is 1. The van der Waals surface area contributed by atoms with Gasteiger partial charge in [0.1, 0.15) is 0 Å². The van der Waals surface area contributed by atoms with Crippen LogP contribution in [0.1, 0.15) is 49.4 Å². The SMILES string of the molecule is C[C@H](NC(=O)[C@@H](C)Sc1ccc(Cl)cc1)c1ccc2c(c1)CCCC2. The van der Waals surface area contributed by atoms with E-state index >= 15 is 0 Å². The number of benzene rings is 2. The quantitative estimate of drug-likeness (QED) is 0.693. The molecule has 0 saturated carbocycles. The molecule has 2 aromatic rings. The first-order valence-corrected chi connectivity index (χ1v) is 10.1. The second-order valence-corrected chi connectivity index (χ2v) is 8.53. The predicted molar refractivity (Wildman–Crippen MR) is 106 cm³/mol. The van der Waals surface area contributed by atoms with Crippen molar-refractivity contribution < 1.29 is 4.79 Å². The summed E-state index contributed by atoms with van der Waals surface area (Å²) < 4.78 is 0. The molecule has 0 spiro atoms. The topological polar surface area (TPSA) is 29.1 Å². The first-order valence-electron chi connectivity index (χ1n) is 8.87. The number of halogens is 1. The normalized spacial score (nSPS) is 16.0. The van der Waals surface area contributed by atoms with Gasteiger partial charge in [0, 0.05) is 9.92 Å². The smallest absolute Gasteiger partial charge is 0.233 e. The third-order valence-corrected chi connectivity index (χ3v) is 6.09. The molecule has 0 fully saturated rings. The van der Waals surface area contributed by atoms with Crippen molar-refractivity contribution in [3.8, 4) is 0 Å². The molecule has 3 rings (SSSR count). The average Bonchev–Trinajstić information content (AvgIpc) is 2.63. The molecule has 0 aliphatic heterocycles. The highest BCUT2D eigenvalue weighted by molar-refractivity contribution is 8.00. The second-order valence-electron chi connectivity index (χ2n) is 6.68. The van der Waals surface area contributed by atoms with E-state index in [2.05, 4.69) is 30.4 Å². The molecule has 0 radical (unpaired) electrons. The third-order valence-electron chi connectivity index (χ3n) is 4.73. The molecular weight excluding hydrogens is 350 g/mol. The number of amides is 1. The average molecular weight is 374 g/mol. The predicted octanol–water partition coefficient (Wildman–Crippen LogP) is 5.58. The van der Waals surface area contributed by atoms with E-state index in [1.807, 2.05) is 31.2 Å². The van der Waals surface area contributed by atoms with Crippen LogP contribution >= 0.6 is 23.4 Å². The first kappa shape index (κ1) is 18.3. The number of carbonyl (C=O) groups is 1. The maximum atomic E-state index is 12.5. The lowest BCUT2D eigenvalue weighted by atomic mass is 9.89. The lowest BCUT2D eigenvalue weighted by Gasteiger charge is -2.21. The zero-order valence-corrected chi connectivity index (χ0v) is 16.3. The highest BCUT2D eigenvalue weighted by atomic mass is 35.5. The second kappa shape index (κ2) is 8.29. The maximum absolute atomic E-state index is 12.5. The van der Waals surface area contributed by atoms with Crippen molar-refractivity contribution in [3.63, 3.8) is 0 Å². The highest BCUT2D eigenvalue weighted by Crippen LogP contribution is 2.27. The number of hydrogen-bond donors (Lipinski definition) is 1. The molecule has 2 atom stereocenters. The van der Waals surface area contributed by atoms with Gasteiger partial charge >= 0.3 is 0 Å². The minimum Gasteiger partial charge on any atom is -0.349 e. The molecule has 4 heteroatoms. The van der Waals surface area contributed by atoms with Crippen LogP contribution in [0.2, 0.25) is 5.02 Å². The molecule has 1 aliphatic carbocycles. The van der Waals surface area contributed by atoms with Gasteiger partial charge in [0.25, 0.3) is 0 Å². The number of fused-ring (bicyclic) bond motifs is 1. The fourth-order valence-corrected chi connectivity index (χ4v) is 4.21. The number of nitrogens with one attached hydrogen (secondary N) is 1. The number of aryl methyl sites for hydroxylation is 2. The van der Waals surface area contributed by atoms with Crippen molar-refractivity contribution in [2.45, 2.75) is 55.7 Å². The Balaban J connectivity index is 1.60. The van der Waals surface area contributed by atoms with Gasteiger partial charge in [-0.1, -0.05) is 29.8 Å². The van der Waals surface area contributed by atoms with Crippen LogP contribution in [0.25, 0.3) is 0 Å². The van der Waals surface area contributed by atoms with E-state index in [-0.39, 0.29) is 17.2 Å². The largest absolute Gasteiger partial charge is 0.349 e. The van der Waals surface area contributed by atoms with E-state index in [9.17, 15) is 4.79 Å². The van der Waals surface area contributed by atoms with Gasteiger partial charge < -0.3 is 5.32 Å². The van der Waals surface area contributed by atoms with Crippen LogP contribution in [-0.4, -0.2) is 11.2 Å². The molecular formula is C21H24ClNOS. The molecule has 0 aromatic heterocycles. The minimum absolute atomic E-state index is 0.0213. The molecule has 0 bridgehead atoms. The van der Waals surface area contributed by atoms with Gasteiger partial charge in [-0.05, 0) is 80.5 Å². The first-order chi connectivity index (χ1) is 12.0. The van der Waals surface area contributed by atoms with Crippen molar-refractivity contribution in [1.29, 1.82) is 0 Å². The summed E-state index contributed by atoms with van der Waals surface area (Å²) in [7, 11) is 0. The van der Waals surface area contributed by atoms with E-state index in [0.29, 0.717) is 5.02 Å². The summed E-state index contributed by atoms with van der Waals surface area (Å²) in [6, 6.07) is 14.3. The summed E-state index contributed by atoms with van der Waals surface area (Å²) in [5.41, 5.74) is 4.12. The number of hydrogen-bond acceptors (Lipinski definition) is 2. The van der Waals surface area contributed by atoms with Crippen molar-refractivity contribution in [2.24, 2.45) is 0 Å². The summed E-state index contributed by atoms with van der Waals surface area (Å²) in [6.45, 7) is 4.00. The zero-order valence-electron chi connectivity index (χ0n) is 14.7. The molecule has 1 N–H and O–H groups in total. The van der Waals surface area contributed by atoms with Crippen LogP contribution in [0, 0.1) is 0 Å². The number of rotatable bonds is 5. The van der Waals surface area contributed by atoms with Gasteiger partial charge in [-0.25, -0.2) is 0 Å². The molecule has 0 saturated heterocycles. The lowest BCUT2D eigenvalue weighted by molar-refractivity contribution is -0.120. The standard InChI is InChI=1S/C21H24ClNOS/c1-14(17-8-7-16-5-3-4-6-18(16)13-17)23-21(24)15(2)25-20-11-9-19(22)10-12-20/h7-15H,3-6H2,1-2H3,(H,23,24)/t14-,15+/m0/s1. The Kier molecular flexibility index (Phi) is 6.08. The van der Waals surface area contributed by atoms with E-state index in [4.69, 9.17) is 11.6 Å². The molecule has 132 valence electrons. The summed E-state index contributed by atoms with van der Waals surface area (Å²) >= 11 is 7.46. The fraction of sp³-hybridized carbons (Fsp3) is 0.381. The van der Waals surface area contributed by atoms with Crippen molar-refractivity contribution in [2.75, 3.05) is 0 Å². The molecule has 0 heterocycles. The lowest BCUT2D eigenvalue weighted by Crippen LogP contribution is -2.33. The van der Waals surface area contributed by atoms with E-state index in [0.717, 1.165) is 11.3 Å². The number of thioether (sulfide) groups is 1. The van der Waals surface area contributed by atoms with E-state index < -0.39 is 0 Å². The summed E-state index contributed by atoms with van der Waals surface area (Å²) in [6.07, 6.45) is 4.90. The summed E-state index contributed by atoms with van der Waals surface area (Å²) in [5.74, 6) is 0.0603. The minimum atomic E-state index is -0.152. The Hall–Kier alpha value is -1.45. The molecule has 2 nitrogen and oxygen atoms in total. The summed E-state index contributed by atoms with van der Waals surface area (Å²) in [4.78, 5) is 13.6. The van der Waals surface area contributed by atoms with E-state index in [1.165, 1.54) is 36.0 Å². The van der Waals surface area contributed by atoms with Crippen LogP contribution in [0.4, 0.5) is 0 Å². The van der Waals surface area contributed by atoms with Crippen molar-refractivity contribution in [1.82, 2.24) is 5.32 Å². The summed E-state index contributed by atoms with van der Waals surface area (Å²) in [5, 5.41) is 3.71. The Morgan fingerprint density at radius 2 is 1.72 bits per heavy atom. The molecule has 2 aromatic carbocycles. The maximum Gasteiger partial charge on any atom is 0.233 e. The Morgan fingerprint density at radius 3 is 2.44 bits per heavy atom. The van der Waals surface area contributed by atoms with Crippen molar-refractivity contribution in [3.05, 3.63) is 64.2 Å². The molecule has 0 unspecified atom stereocenters. The fourth-order valence-electron chi connectivity index (χ4n) is 3.21.